The predicted octanol–water partition coefficient (Wildman–Crippen LogP) is 4.57. The predicted molar refractivity (Wildman–Crippen MR) is 92.4 cm³/mol. The summed E-state index contributed by atoms with van der Waals surface area (Å²) >= 11 is 0. The Kier molecular flexibility index (Phi) is 5.40. The highest BCUT2D eigenvalue weighted by Crippen LogP contribution is 2.27. The van der Waals surface area contributed by atoms with Crippen LogP contribution in [0.15, 0.2) is 42.5 Å². The molecule has 0 bridgehead atoms. The Hall–Kier alpha value is -1.80. The van der Waals surface area contributed by atoms with Gasteiger partial charge in [0.25, 0.3) is 0 Å². The summed E-state index contributed by atoms with van der Waals surface area (Å²) in [5.41, 5.74) is 6.44. The minimum atomic E-state index is 0.948. The van der Waals surface area contributed by atoms with E-state index in [1.807, 2.05) is 0 Å². The van der Waals surface area contributed by atoms with Gasteiger partial charge in [-0.05, 0) is 56.1 Å². The molecule has 0 fully saturated rings. The monoisotopic (exact) mass is 282 g/mol. The van der Waals surface area contributed by atoms with Gasteiger partial charge in [-0.3, -0.25) is 0 Å². The smallest absolute Gasteiger partial charge is 0.0438 e. The van der Waals surface area contributed by atoms with Gasteiger partial charge in [0.15, 0.2) is 0 Å². The van der Waals surface area contributed by atoms with Crippen LogP contribution in [0.2, 0.25) is 0 Å². The van der Waals surface area contributed by atoms with Crippen LogP contribution in [0.4, 0.5) is 11.4 Å². The molecule has 0 aliphatic heterocycles. The second-order valence-electron chi connectivity index (χ2n) is 5.69. The largest absolute Gasteiger partial charge is 0.344 e. The number of nitrogens with zero attached hydrogens (tertiary/aromatic N) is 1. The zero-order valence-electron chi connectivity index (χ0n) is 13.6. The molecular formula is C19H26N2. The fourth-order valence-electron chi connectivity index (χ4n) is 2.52. The summed E-state index contributed by atoms with van der Waals surface area (Å²) in [6, 6.07) is 15.4. The summed E-state index contributed by atoms with van der Waals surface area (Å²) < 4.78 is 0. The molecule has 0 heterocycles. The SMILES string of the molecule is CCCNCc1ccc(N(C)c2ccc(C)cc2)c(C)c1. The molecule has 2 heteroatoms. The number of rotatable bonds is 6. The molecule has 0 spiro atoms. The van der Waals surface area contributed by atoms with Crippen molar-refractivity contribution < 1.29 is 0 Å². The molecule has 2 aromatic rings. The molecule has 0 aromatic heterocycles. The number of hydrogen-bond acceptors (Lipinski definition) is 2. The van der Waals surface area contributed by atoms with E-state index in [9.17, 15) is 0 Å². The summed E-state index contributed by atoms with van der Waals surface area (Å²) in [7, 11) is 2.13. The third kappa shape index (κ3) is 4.08. The van der Waals surface area contributed by atoms with Crippen LogP contribution in [-0.2, 0) is 6.54 Å². The topological polar surface area (TPSA) is 15.3 Å². The van der Waals surface area contributed by atoms with Crippen LogP contribution in [0.3, 0.4) is 0 Å². The summed E-state index contributed by atoms with van der Waals surface area (Å²) in [6.07, 6.45) is 1.17. The van der Waals surface area contributed by atoms with E-state index < -0.39 is 0 Å². The minimum Gasteiger partial charge on any atom is -0.344 e. The number of aryl methyl sites for hydroxylation is 2. The van der Waals surface area contributed by atoms with Crippen LogP contribution in [0, 0.1) is 13.8 Å². The van der Waals surface area contributed by atoms with Gasteiger partial charge in [-0.15, -0.1) is 0 Å². The number of anilines is 2. The Bertz CT molecular complexity index is 573. The number of benzene rings is 2. The van der Waals surface area contributed by atoms with E-state index in [4.69, 9.17) is 0 Å². The van der Waals surface area contributed by atoms with Crippen molar-refractivity contribution in [1.82, 2.24) is 5.32 Å². The summed E-state index contributed by atoms with van der Waals surface area (Å²) in [5, 5.41) is 3.45. The van der Waals surface area contributed by atoms with E-state index >= 15 is 0 Å². The molecule has 0 aliphatic rings. The molecule has 2 aromatic carbocycles. The summed E-state index contributed by atoms with van der Waals surface area (Å²) in [6.45, 7) is 8.52. The highest BCUT2D eigenvalue weighted by molar-refractivity contribution is 5.66. The first-order chi connectivity index (χ1) is 10.1. The lowest BCUT2D eigenvalue weighted by Crippen LogP contribution is -2.15. The first-order valence-corrected chi connectivity index (χ1v) is 7.72. The van der Waals surface area contributed by atoms with Gasteiger partial charge in [-0.2, -0.15) is 0 Å². The molecule has 0 atom stereocenters. The lowest BCUT2D eigenvalue weighted by atomic mass is 10.1. The van der Waals surface area contributed by atoms with Crippen molar-refractivity contribution in [3.05, 3.63) is 59.2 Å². The van der Waals surface area contributed by atoms with Gasteiger partial charge >= 0.3 is 0 Å². The van der Waals surface area contributed by atoms with Crippen LogP contribution in [0.25, 0.3) is 0 Å². The maximum absolute atomic E-state index is 3.45. The maximum Gasteiger partial charge on any atom is 0.0438 e. The second kappa shape index (κ2) is 7.28. The molecule has 112 valence electrons. The Balaban J connectivity index is 2.14. The third-order valence-corrected chi connectivity index (χ3v) is 3.80. The molecule has 2 nitrogen and oxygen atoms in total. The normalized spacial score (nSPS) is 10.7. The fraction of sp³-hybridized carbons (Fsp3) is 0.368. The maximum atomic E-state index is 3.45. The molecule has 2 rings (SSSR count). The zero-order chi connectivity index (χ0) is 15.2. The summed E-state index contributed by atoms with van der Waals surface area (Å²) in [5.74, 6) is 0. The van der Waals surface area contributed by atoms with Crippen molar-refractivity contribution in [2.24, 2.45) is 0 Å². The van der Waals surface area contributed by atoms with Crippen molar-refractivity contribution in [3.63, 3.8) is 0 Å². The van der Waals surface area contributed by atoms with Crippen molar-refractivity contribution in [2.75, 3.05) is 18.5 Å². The van der Waals surface area contributed by atoms with E-state index in [1.54, 1.807) is 0 Å². The van der Waals surface area contributed by atoms with Crippen LogP contribution in [0.5, 0.6) is 0 Å². The van der Waals surface area contributed by atoms with E-state index in [0.717, 1.165) is 13.1 Å². The van der Waals surface area contributed by atoms with Gasteiger partial charge < -0.3 is 10.2 Å². The first-order valence-electron chi connectivity index (χ1n) is 7.72. The Morgan fingerprint density at radius 2 is 1.71 bits per heavy atom. The second-order valence-corrected chi connectivity index (χ2v) is 5.69. The molecule has 0 amide bonds. The van der Waals surface area contributed by atoms with Crippen LogP contribution in [-0.4, -0.2) is 13.6 Å². The van der Waals surface area contributed by atoms with Crippen molar-refractivity contribution in [3.8, 4) is 0 Å². The van der Waals surface area contributed by atoms with Gasteiger partial charge in [0.1, 0.15) is 0 Å². The van der Waals surface area contributed by atoms with Crippen molar-refractivity contribution in [1.29, 1.82) is 0 Å². The lowest BCUT2D eigenvalue weighted by molar-refractivity contribution is 0.675. The van der Waals surface area contributed by atoms with E-state index in [2.05, 4.69) is 80.5 Å². The molecule has 0 unspecified atom stereocenters. The molecule has 0 saturated heterocycles. The van der Waals surface area contributed by atoms with Gasteiger partial charge in [0, 0.05) is 25.0 Å². The van der Waals surface area contributed by atoms with Crippen molar-refractivity contribution in [2.45, 2.75) is 33.7 Å². The average Bonchev–Trinajstić information content (AvgIpc) is 2.48. The first kappa shape index (κ1) is 15.6. The van der Waals surface area contributed by atoms with E-state index in [0.29, 0.717) is 0 Å². The van der Waals surface area contributed by atoms with Crippen molar-refractivity contribution >= 4 is 11.4 Å². The highest BCUT2D eigenvalue weighted by Gasteiger charge is 2.07. The number of nitrogens with one attached hydrogen (secondary N) is 1. The summed E-state index contributed by atoms with van der Waals surface area (Å²) in [4.78, 5) is 2.25. The molecular weight excluding hydrogens is 256 g/mol. The van der Waals surface area contributed by atoms with E-state index in [1.165, 1.54) is 34.5 Å². The Morgan fingerprint density at radius 1 is 1.00 bits per heavy atom. The Morgan fingerprint density at radius 3 is 2.33 bits per heavy atom. The van der Waals surface area contributed by atoms with Crippen LogP contribution >= 0.6 is 0 Å². The number of hydrogen-bond donors (Lipinski definition) is 1. The zero-order valence-corrected chi connectivity index (χ0v) is 13.6. The third-order valence-electron chi connectivity index (χ3n) is 3.80. The van der Waals surface area contributed by atoms with Gasteiger partial charge in [0.2, 0.25) is 0 Å². The standard InChI is InChI=1S/C19H26N2/c1-5-12-20-14-17-8-11-19(16(3)13-17)21(4)18-9-6-15(2)7-10-18/h6-11,13,20H,5,12,14H2,1-4H3. The highest BCUT2D eigenvalue weighted by atomic mass is 15.1. The lowest BCUT2D eigenvalue weighted by Gasteiger charge is -2.22. The van der Waals surface area contributed by atoms with Gasteiger partial charge in [0.05, 0.1) is 0 Å². The van der Waals surface area contributed by atoms with Gasteiger partial charge in [-0.1, -0.05) is 36.8 Å². The van der Waals surface area contributed by atoms with Gasteiger partial charge in [-0.25, -0.2) is 0 Å². The molecule has 0 aliphatic carbocycles. The molecule has 0 saturated carbocycles. The fourth-order valence-corrected chi connectivity index (χ4v) is 2.52. The minimum absolute atomic E-state index is 0.948. The quantitative estimate of drug-likeness (QED) is 0.781. The Labute approximate surface area is 128 Å². The van der Waals surface area contributed by atoms with Crippen LogP contribution < -0.4 is 10.2 Å². The average molecular weight is 282 g/mol. The molecule has 21 heavy (non-hydrogen) atoms. The molecule has 0 radical (unpaired) electrons. The molecule has 1 N–H and O–H groups in total. The van der Waals surface area contributed by atoms with Crippen LogP contribution in [0.1, 0.15) is 30.0 Å². The van der Waals surface area contributed by atoms with E-state index in [-0.39, 0.29) is 0 Å².